The Bertz CT molecular complexity index is 1470. The van der Waals surface area contributed by atoms with Crippen molar-refractivity contribution in [2.45, 2.75) is 45.1 Å². The van der Waals surface area contributed by atoms with Crippen LogP contribution in [0.4, 0.5) is 5.69 Å². The second-order valence-electron chi connectivity index (χ2n) is 11.0. The molecule has 2 amide bonds. The minimum absolute atomic E-state index is 0.0178. The molecule has 2 heterocycles. The lowest BCUT2D eigenvalue weighted by molar-refractivity contribution is -0.127. The van der Waals surface area contributed by atoms with E-state index in [-0.39, 0.29) is 18.4 Å². The zero-order valence-electron chi connectivity index (χ0n) is 23.8. The summed E-state index contributed by atoms with van der Waals surface area (Å²) in [6, 6.07) is 23.0. The molecule has 7 nitrogen and oxygen atoms in total. The number of carbonyl (C=O) groups excluding carboxylic acids is 2. The number of hydrogen-bond donors (Lipinski definition) is 2. The minimum atomic E-state index is -1.02. The molecule has 212 valence electrons. The Kier molecular flexibility index (Phi) is 8.36. The first-order valence-electron chi connectivity index (χ1n) is 14.5. The molecule has 0 aromatic heterocycles. The molecule has 0 spiro atoms. The van der Waals surface area contributed by atoms with E-state index in [1.165, 1.54) is 0 Å². The third-order valence-electron chi connectivity index (χ3n) is 7.86. The molecular formula is C34H38N4O3. The van der Waals surface area contributed by atoms with Gasteiger partial charge in [-0.15, -0.1) is 0 Å². The van der Waals surface area contributed by atoms with Gasteiger partial charge >= 0.3 is 0 Å². The molecule has 1 atom stereocenters. The highest BCUT2D eigenvalue weighted by Gasteiger charge is 2.39. The van der Waals surface area contributed by atoms with Crippen LogP contribution >= 0.6 is 0 Å². The van der Waals surface area contributed by atoms with Gasteiger partial charge in [0.2, 0.25) is 5.91 Å². The molecule has 1 unspecified atom stereocenters. The molecule has 0 saturated carbocycles. The highest BCUT2D eigenvalue weighted by Crippen LogP contribution is 2.34. The third kappa shape index (κ3) is 6.10. The number of amidine groups is 1. The second kappa shape index (κ2) is 12.1. The van der Waals surface area contributed by atoms with Crippen LogP contribution in [0.2, 0.25) is 0 Å². The van der Waals surface area contributed by atoms with Crippen LogP contribution in [-0.2, 0) is 10.4 Å². The van der Waals surface area contributed by atoms with E-state index in [1.54, 1.807) is 4.90 Å². The van der Waals surface area contributed by atoms with Gasteiger partial charge in [0.25, 0.3) is 5.91 Å². The van der Waals surface area contributed by atoms with Crippen LogP contribution in [0.15, 0.2) is 83.4 Å². The van der Waals surface area contributed by atoms with Gasteiger partial charge < -0.3 is 20.6 Å². The van der Waals surface area contributed by atoms with Crippen molar-refractivity contribution >= 4 is 29.4 Å². The number of amides is 2. The van der Waals surface area contributed by atoms with E-state index < -0.39 is 5.60 Å². The summed E-state index contributed by atoms with van der Waals surface area (Å²) in [4.78, 5) is 34.8. The quantitative estimate of drug-likeness (QED) is 0.386. The number of carbonyl (C=O) groups is 2. The SMILES string of the molecule is CCCN(CCC)C(=O)C1=Cc2ccc(-c3ccc(C(=O)N4CCC(O)(c5ccccc5)C4)cc3)cc2N=C(N)C1. The number of fused-ring (bicyclic) bond motifs is 1. The number of hydrogen-bond acceptors (Lipinski definition) is 5. The number of aliphatic hydroxyl groups is 1. The van der Waals surface area contributed by atoms with E-state index in [2.05, 4.69) is 18.8 Å². The Morgan fingerprint density at radius 1 is 0.976 bits per heavy atom. The third-order valence-corrected chi connectivity index (χ3v) is 7.86. The van der Waals surface area contributed by atoms with Crippen molar-refractivity contribution in [3.63, 3.8) is 0 Å². The van der Waals surface area contributed by atoms with Crippen LogP contribution in [0.1, 0.15) is 61.0 Å². The van der Waals surface area contributed by atoms with Gasteiger partial charge in [-0.05, 0) is 60.2 Å². The predicted molar refractivity (Wildman–Crippen MR) is 164 cm³/mol. The maximum absolute atomic E-state index is 13.3. The van der Waals surface area contributed by atoms with Gasteiger partial charge in [-0.1, -0.05) is 68.4 Å². The normalized spacial score (nSPS) is 18.3. The Labute approximate surface area is 242 Å². The number of benzene rings is 3. The first-order valence-corrected chi connectivity index (χ1v) is 14.5. The molecule has 1 saturated heterocycles. The highest BCUT2D eigenvalue weighted by atomic mass is 16.3. The average molecular weight is 551 g/mol. The molecular weight excluding hydrogens is 512 g/mol. The van der Waals surface area contributed by atoms with Crippen molar-refractivity contribution in [2.75, 3.05) is 26.2 Å². The maximum atomic E-state index is 13.3. The van der Waals surface area contributed by atoms with Gasteiger partial charge in [-0.2, -0.15) is 0 Å². The highest BCUT2D eigenvalue weighted by molar-refractivity contribution is 6.05. The molecule has 41 heavy (non-hydrogen) atoms. The van der Waals surface area contributed by atoms with Crippen molar-refractivity contribution < 1.29 is 14.7 Å². The van der Waals surface area contributed by atoms with Crippen molar-refractivity contribution in [3.8, 4) is 11.1 Å². The van der Waals surface area contributed by atoms with Crippen molar-refractivity contribution in [1.29, 1.82) is 0 Å². The first kappa shape index (κ1) is 28.3. The molecule has 1 fully saturated rings. The maximum Gasteiger partial charge on any atom is 0.253 e. The van der Waals surface area contributed by atoms with E-state index in [0.717, 1.165) is 53.9 Å². The molecule has 2 aliphatic rings. The second-order valence-corrected chi connectivity index (χ2v) is 11.0. The summed E-state index contributed by atoms with van der Waals surface area (Å²) in [5.74, 6) is 0.338. The van der Waals surface area contributed by atoms with E-state index in [1.807, 2.05) is 83.8 Å². The van der Waals surface area contributed by atoms with Gasteiger partial charge in [0.1, 0.15) is 11.4 Å². The number of nitrogens with two attached hydrogens (primary N) is 1. The predicted octanol–water partition coefficient (Wildman–Crippen LogP) is 5.51. The fraction of sp³-hybridized carbons (Fsp3) is 0.324. The summed E-state index contributed by atoms with van der Waals surface area (Å²) in [5, 5.41) is 11.1. The summed E-state index contributed by atoms with van der Waals surface area (Å²) in [5.41, 5.74) is 10.8. The molecule has 2 aliphatic heterocycles. The largest absolute Gasteiger partial charge is 0.387 e. The van der Waals surface area contributed by atoms with Gasteiger partial charge in [0.05, 0.1) is 12.2 Å². The number of nitrogens with zero attached hydrogens (tertiary/aromatic N) is 3. The summed E-state index contributed by atoms with van der Waals surface area (Å²) >= 11 is 0. The van der Waals surface area contributed by atoms with E-state index >= 15 is 0 Å². The molecule has 3 aromatic carbocycles. The van der Waals surface area contributed by atoms with Crippen molar-refractivity contribution in [1.82, 2.24) is 9.80 Å². The number of aliphatic imine (C=N–C) groups is 1. The number of β-amino-alcohol motifs (C(OH)–C–C–N with tert-alkyl or cyclic N) is 1. The standard InChI is InChI=1S/C34H38N4O3/c1-3-17-37(18-4-2)33(40)28-20-27-15-14-26(21-30(27)36-31(35)22-28)24-10-12-25(13-11-24)32(39)38-19-16-34(41,23-38)29-8-6-5-7-9-29/h5-15,20-21,41H,3-4,16-19,22-23H2,1-2H3,(H2,35,36). The van der Waals surface area contributed by atoms with Crippen LogP contribution in [-0.4, -0.2) is 58.7 Å². The summed E-state index contributed by atoms with van der Waals surface area (Å²) in [6.45, 7) is 6.36. The molecule has 0 aliphatic carbocycles. The van der Waals surface area contributed by atoms with Crippen LogP contribution in [0.5, 0.6) is 0 Å². The molecule has 7 heteroatoms. The lowest BCUT2D eigenvalue weighted by atomic mass is 9.93. The van der Waals surface area contributed by atoms with Gasteiger partial charge in [-0.3, -0.25) is 9.59 Å². The van der Waals surface area contributed by atoms with Crippen LogP contribution in [0.25, 0.3) is 17.2 Å². The van der Waals surface area contributed by atoms with Crippen molar-refractivity contribution in [3.05, 3.63) is 95.1 Å². The fourth-order valence-electron chi connectivity index (χ4n) is 5.70. The first-order chi connectivity index (χ1) is 19.8. The summed E-state index contributed by atoms with van der Waals surface area (Å²) in [7, 11) is 0. The van der Waals surface area contributed by atoms with Crippen LogP contribution in [0.3, 0.4) is 0 Å². The van der Waals surface area contributed by atoms with Gasteiger partial charge in [-0.25, -0.2) is 4.99 Å². The Morgan fingerprint density at radius 3 is 2.34 bits per heavy atom. The van der Waals surface area contributed by atoms with Crippen LogP contribution in [0, 0.1) is 0 Å². The molecule has 5 rings (SSSR count). The molecule has 0 bridgehead atoms. The van der Waals surface area contributed by atoms with E-state index in [0.29, 0.717) is 36.4 Å². The summed E-state index contributed by atoms with van der Waals surface area (Å²) < 4.78 is 0. The number of rotatable bonds is 8. The number of likely N-dealkylation sites (tertiary alicyclic amines) is 1. The average Bonchev–Trinajstić information content (AvgIpc) is 3.32. The fourth-order valence-corrected chi connectivity index (χ4v) is 5.70. The lowest BCUT2D eigenvalue weighted by Gasteiger charge is -2.24. The van der Waals surface area contributed by atoms with Crippen molar-refractivity contribution in [2.24, 2.45) is 10.7 Å². The zero-order chi connectivity index (χ0) is 29.0. The van der Waals surface area contributed by atoms with Gasteiger partial charge in [0.15, 0.2) is 0 Å². The Morgan fingerprint density at radius 2 is 1.66 bits per heavy atom. The topological polar surface area (TPSA) is 99.2 Å². The van der Waals surface area contributed by atoms with Gasteiger partial charge in [0, 0.05) is 42.8 Å². The van der Waals surface area contributed by atoms with E-state index in [9.17, 15) is 14.7 Å². The molecule has 3 aromatic rings. The minimum Gasteiger partial charge on any atom is -0.387 e. The Hall–Kier alpha value is -4.23. The van der Waals surface area contributed by atoms with E-state index in [4.69, 9.17) is 5.73 Å². The smallest absolute Gasteiger partial charge is 0.253 e. The summed E-state index contributed by atoms with van der Waals surface area (Å²) in [6.07, 6.45) is 4.55. The molecule has 0 radical (unpaired) electrons. The monoisotopic (exact) mass is 550 g/mol. The zero-order valence-corrected chi connectivity index (χ0v) is 23.8. The van der Waals surface area contributed by atoms with Crippen LogP contribution < -0.4 is 5.73 Å². The Balaban J connectivity index is 1.33. The molecule has 3 N–H and O–H groups in total. The lowest BCUT2D eigenvalue weighted by Crippen LogP contribution is -2.34.